The van der Waals surface area contributed by atoms with Crippen LogP contribution >= 0.6 is 0 Å². The quantitative estimate of drug-likeness (QED) is 0.840. The number of rotatable bonds is 2. The highest BCUT2D eigenvalue weighted by atomic mass is 15.2. The van der Waals surface area contributed by atoms with Crippen LogP contribution < -0.4 is 5.32 Å². The Morgan fingerprint density at radius 1 is 1.12 bits per heavy atom. The van der Waals surface area contributed by atoms with Crippen molar-refractivity contribution in [3.8, 4) is 0 Å². The molecule has 2 heterocycles. The number of fused-ring (bicyclic) bond motifs is 1. The van der Waals surface area contributed by atoms with E-state index >= 15 is 0 Å². The van der Waals surface area contributed by atoms with E-state index in [2.05, 4.69) is 34.5 Å². The summed E-state index contributed by atoms with van der Waals surface area (Å²) < 4.78 is 0. The maximum absolute atomic E-state index is 3.70. The third-order valence-electron chi connectivity index (χ3n) is 4.07. The van der Waals surface area contributed by atoms with Crippen LogP contribution in [0.5, 0.6) is 0 Å². The Morgan fingerprint density at radius 3 is 2.82 bits per heavy atom. The van der Waals surface area contributed by atoms with E-state index in [1.165, 1.54) is 63.0 Å². The number of likely N-dealkylation sites (tertiary alicyclic amines) is 1. The van der Waals surface area contributed by atoms with Gasteiger partial charge in [-0.2, -0.15) is 0 Å². The molecule has 1 saturated heterocycles. The number of benzene rings is 1. The third kappa shape index (κ3) is 2.63. The summed E-state index contributed by atoms with van der Waals surface area (Å²) in [5.41, 5.74) is 2.85. The zero-order valence-corrected chi connectivity index (χ0v) is 10.5. The minimum absolute atomic E-state index is 0.656. The fourth-order valence-corrected chi connectivity index (χ4v) is 3.09. The van der Waals surface area contributed by atoms with Gasteiger partial charge in [0.1, 0.15) is 0 Å². The molecular weight excluding hydrogens is 208 g/mol. The molecule has 2 nitrogen and oxygen atoms in total. The first-order valence-electron chi connectivity index (χ1n) is 6.98. The molecule has 1 fully saturated rings. The lowest BCUT2D eigenvalue weighted by Crippen LogP contribution is -2.41. The average Bonchev–Trinajstić information content (AvgIpc) is 2.40. The highest BCUT2D eigenvalue weighted by Gasteiger charge is 2.20. The van der Waals surface area contributed by atoms with Crippen molar-refractivity contribution in [2.24, 2.45) is 0 Å². The fraction of sp³-hybridized carbons (Fsp3) is 0.600. The summed E-state index contributed by atoms with van der Waals surface area (Å²) in [5.74, 6) is 0. The number of piperidine rings is 1. The van der Waals surface area contributed by atoms with Crippen molar-refractivity contribution in [3.63, 3.8) is 0 Å². The number of para-hydroxylation sites is 1. The number of hydrogen-bond donors (Lipinski definition) is 1. The predicted molar refractivity (Wildman–Crippen MR) is 72.5 cm³/mol. The Labute approximate surface area is 104 Å². The molecule has 0 saturated carbocycles. The Morgan fingerprint density at radius 2 is 1.94 bits per heavy atom. The summed E-state index contributed by atoms with van der Waals surface area (Å²) in [4.78, 5) is 2.63. The first-order chi connectivity index (χ1) is 8.42. The van der Waals surface area contributed by atoms with Gasteiger partial charge in [0.15, 0.2) is 0 Å². The molecule has 2 aliphatic heterocycles. The van der Waals surface area contributed by atoms with E-state index in [1.54, 1.807) is 0 Å². The van der Waals surface area contributed by atoms with Crippen molar-refractivity contribution in [2.75, 3.05) is 25.0 Å². The zero-order chi connectivity index (χ0) is 11.5. The van der Waals surface area contributed by atoms with E-state index in [0.29, 0.717) is 6.04 Å². The van der Waals surface area contributed by atoms with Gasteiger partial charge in [-0.25, -0.2) is 0 Å². The van der Waals surface area contributed by atoms with Gasteiger partial charge in [-0.3, -0.25) is 0 Å². The van der Waals surface area contributed by atoms with E-state index in [9.17, 15) is 0 Å². The van der Waals surface area contributed by atoms with Gasteiger partial charge in [-0.05, 0) is 50.4 Å². The number of anilines is 1. The molecule has 0 bridgehead atoms. The SMILES string of the molecule is c1ccc2c(c1)CCC(CN1CCCCC1)N2. The van der Waals surface area contributed by atoms with Crippen molar-refractivity contribution in [3.05, 3.63) is 29.8 Å². The molecule has 1 N–H and O–H groups in total. The second kappa shape index (κ2) is 5.09. The van der Waals surface area contributed by atoms with Crippen LogP contribution in [0.1, 0.15) is 31.2 Å². The Balaban J connectivity index is 1.60. The summed E-state index contributed by atoms with van der Waals surface area (Å²) in [7, 11) is 0. The van der Waals surface area contributed by atoms with E-state index < -0.39 is 0 Å². The van der Waals surface area contributed by atoms with Crippen LogP contribution in [0.4, 0.5) is 5.69 Å². The predicted octanol–water partition coefficient (Wildman–Crippen LogP) is 2.90. The number of nitrogens with one attached hydrogen (secondary N) is 1. The molecular formula is C15H22N2. The smallest absolute Gasteiger partial charge is 0.0391 e. The van der Waals surface area contributed by atoms with Gasteiger partial charge in [0, 0.05) is 18.3 Å². The molecule has 3 rings (SSSR count). The van der Waals surface area contributed by atoms with Crippen molar-refractivity contribution in [1.29, 1.82) is 0 Å². The second-order valence-electron chi connectivity index (χ2n) is 5.40. The van der Waals surface area contributed by atoms with Crippen LogP contribution in [0, 0.1) is 0 Å². The number of nitrogens with zero attached hydrogens (tertiary/aromatic N) is 1. The average molecular weight is 230 g/mol. The van der Waals surface area contributed by atoms with E-state index in [4.69, 9.17) is 0 Å². The lowest BCUT2D eigenvalue weighted by atomic mass is 9.97. The van der Waals surface area contributed by atoms with E-state index in [0.717, 1.165) is 0 Å². The standard InChI is InChI=1S/C15H22N2/c1-4-10-17(11-5-1)12-14-9-8-13-6-2-3-7-15(13)16-14/h2-3,6-7,14,16H,1,4-5,8-12H2. The molecule has 17 heavy (non-hydrogen) atoms. The Kier molecular flexibility index (Phi) is 3.32. The second-order valence-corrected chi connectivity index (χ2v) is 5.40. The number of aryl methyl sites for hydroxylation is 1. The Hall–Kier alpha value is -1.02. The summed E-state index contributed by atoms with van der Waals surface area (Å²) in [6.07, 6.45) is 6.74. The molecule has 1 aromatic rings. The molecule has 0 aromatic heterocycles. The molecule has 2 heteroatoms. The van der Waals surface area contributed by atoms with E-state index in [-0.39, 0.29) is 0 Å². The molecule has 1 aromatic carbocycles. The normalized spacial score (nSPS) is 25.1. The maximum Gasteiger partial charge on any atom is 0.0391 e. The van der Waals surface area contributed by atoms with Crippen molar-refractivity contribution < 1.29 is 0 Å². The van der Waals surface area contributed by atoms with Crippen molar-refractivity contribution in [1.82, 2.24) is 4.90 Å². The topological polar surface area (TPSA) is 15.3 Å². The van der Waals surface area contributed by atoms with Gasteiger partial charge in [0.05, 0.1) is 0 Å². The van der Waals surface area contributed by atoms with Gasteiger partial charge in [0.2, 0.25) is 0 Å². The first kappa shape index (κ1) is 11.1. The molecule has 1 unspecified atom stereocenters. The van der Waals surface area contributed by atoms with Gasteiger partial charge in [0.25, 0.3) is 0 Å². The maximum atomic E-state index is 3.70. The van der Waals surface area contributed by atoms with Crippen LogP contribution in [0.15, 0.2) is 24.3 Å². The molecule has 0 radical (unpaired) electrons. The van der Waals surface area contributed by atoms with Gasteiger partial charge < -0.3 is 10.2 Å². The van der Waals surface area contributed by atoms with Gasteiger partial charge in [-0.15, -0.1) is 0 Å². The monoisotopic (exact) mass is 230 g/mol. The Bertz CT molecular complexity index is 369. The molecule has 2 aliphatic rings. The van der Waals surface area contributed by atoms with Crippen molar-refractivity contribution in [2.45, 2.75) is 38.1 Å². The highest BCUT2D eigenvalue weighted by Crippen LogP contribution is 2.25. The molecule has 1 atom stereocenters. The zero-order valence-electron chi connectivity index (χ0n) is 10.5. The van der Waals surface area contributed by atoms with Crippen LogP contribution in [0.3, 0.4) is 0 Å². The van der Waals surface area contributed by atoms with Gasteiger partial charge in [-0.1, -0.05) is 24.6 Å². The minimum atomic E-state index is 0.656. The lowest BCUT2D eigenvalue weighted by Gasteiger charge is -2.34. The van der Waals surface area contributed by atoms with Crippen LogP contribution in [0.25, 0.3) is 0 Å². The molecule has 0 amide bonds. The fourth-order valence-electron chi connectivity index (χ4n) is 3.09. The number of hydrogen-bond acceptors (Lipinski definition) is 2. The summed E-state index contributed by atoms with van der Waals surface area (Å²) in [6, 6.07) is 9.40. The summed E-state index contributed by atoms with van der Waals surface area (Å²) in [5, 5.41) is 3.70. The van der Waals surface area contributed by atoms with Crippen molar-refractivity contribution >= 4 is 5.69 Å². The summed E-state index contributed by atoms with van der Waals surface area (Å²) in [6.45, 7) is 3.84. The lowest BCUT2D eigenvalue weighted by molar-refractivity contribution is 0.216. The largest absolute Gasteiger partial charge is 0.381 e. The molecule has 0 spiro atoms. The molecule has 0 aliphatic carbocycles. The molecule has 92 valence electrons. The first-order valence-corrected chi connectivity index (χ1v) is 6.98. The highest BCUT2D eigenvalue weighted by molar-refractivity contribution is 5.53. The van der Waals surface area contributed by atoms with Gasteiger partial charge >= 0.3 is 0 Å². The van der Waals surface area contributed by atoms with Crippen LogP contribution in [0.2, 0.25) is 0 Å². The third-order valence-corrected chi connectivity index (χ3v) is 4.07. The van der Waals surface area contributed by atoms with E-state index in [1.807, 2.05) is 0 Å². The van der Waals surface area contributed by atoms with Crippen LogP contribution in [-0.4, -0.2) is 30.6 Å². The van der Waals surface area contributed by atoms with Crippen LogP contribution in [-0.2, 0) is 6.42 Å². The summed E-state index contributed by atoms with van der Waals surface area (Å²) >= 11 is 0. The minimum Gasteiger partial charge on any atom is -0.381 e.